The number of H-pyrrole nitrogens is 1. The first-order valence-corrected chi connectivity index (χ1v) is 6.66. The molecule has 4 atom stereocenters. The number of ether oxygens (including phenoxy) is 2. The Morgan fingerprint density at radius 1 is 1.50 bits per heavy atom. The Morgan fingerprint density at radius 3 is 2.71 bits per heavy atom. The van der Waals surface area contributed by atoms with Crippen LogP contribution in [-0.2, 0) is 14.3 Å². The number of aromatic amines is 1. The minimum Gasteiger partial charge on any atom is -0.388 e. The summed E-state index contributed by atoms with van der Waals surface area (Å²) in [5, 5.41) is 11.7. The van der Waals surface area contributed by atoms with Crippen LogP contribution in [0.1, 0.15) is 6.23 Å². The summed E-state index contributed by atoms with van der Waals surface area (Å²) in [6.07, 6.45) is -8.31. The Hall–Kier alpha value is -2.18. The van der Waals surface area contributed by atoms with E-state index < -0.39 is 47.8 Å². The number of carbonyl (C=O) groups excluding carboxylic acids is 1. The van der Waals surface area contributed by atoms with E-state index >= 15 is 0 Å². The molecule has 1 aromatic heterocycles. The molecule has 0 unspecified atom stereocenters. The highest BCUT2D eigenvalue weighted by molar-refractivity contribution is 5.82. The molecule has 9 nitrogen and oxygen atoms in total. The van der Waals surface area contributed by atoms with Gasteiger partial charge >= 0.3 is 17.8 Å². The van der Waals surface area contributed by atoms with Gasteiger partial charge in [0.1, 0.15) is 18.2 Å². The molecule has 24 heavy (non-hydrogen) atoms. The van der Waals surface area contributed by atoms with Crippen molar-refractivity contribution >= 4 is 5.91 Å². The van der Waals surface area contributed by atoms with E-state index in [2.05, 4.69) is 0 Å². The third-order valence-corrected chi connectivity index (χ3v) is 3.38. The van der Waals surface area contributed by atoms with Crippen LogP contribution in [0.3, 0.4) is 0 Å². The second-order valence-electron chi connectivity index (χ2n) is 5.03. The van der Waals surface area contributed by atoms with Gasteiger partial charge in [0.15, 0.2) is 6.23 Å². The maximum absolute atomic E-state index is 12.5. The van der Waals surface area contributed by atoms with Crippen LogP contribution in [0.15, 0.2) is 21.9 Å². The Bertz CT molecular complexity index is 715. The number of nitrogens with zero attached hydrogens (tertiary/aromatic N) is 1. The van der Waals surface area contributed by atoms with E-state index in [9.17, 15) is 32.7 Å². The monoisotopic (exact) mass is 353 g/mol. The van der Waals surface area contributed by atoms with E-state index in [1.54, 1.807) is 5.32 Å². The van der Waals surface area contributed by atoms with Gasteiger partial charge in [0.25, 0.3) is 5.56 Å². The lowest BCUT2D eigenvalue weighted by molar-refractivity contribution is -0.175. The van der Waals surface area contributed by atoms with Crippen molar-refractivity contribution in [1.29, 1.82) is 0 Å². The molecule has 0 bridgehead atoms. The first kappa shape index (κ1) is 18.2. The third-order valence-electron chi connectivity index (χ3n) is 3.38. The van der Waals surface area contributed by atoms with Gasteiger partial charge in [-0.2, -0.15) is 13.2 Å². The van der Waals surface area contributed by atoms with Gasteiger partial charge in [-0.25, -0.2) is 4.79 Å². The molecule has 134 valence electrons. The van der Waals surface area contributed by atoms with Crippen molar-refractivity contribution < 1.29 is 32.5 Å². The maximum Gasteiger partial charge on any atom is 0.471 e. The number of hydrogen-bond donors (Lipinski definition) is 3. The van der Waals surface area contributed by atoms with Gasteiger partial charge in [0.05, 0.1) is 6.61 Å². The van der Waals surface area contributed by atoms with Crippen molar-refractivity contribution in [3.8, 4) is 0 Å². The van der Waals surface area contributed by atoms with Crippen LogP contribution in [0.25, 0.3) is 0 Å². The van der Waals surface area contributed by atoms with Gasteiger partial charge < -0.3 is 19.9 Å². The average molecular weight is 353 g/mol. The van der Waals surface area contributed by atoms with Gasteiger partial charge in [0.2, 0.25) is 0 Å². The summed E-state index contributed by atoms with van der Waals surface area (Å²) in [4.78, 5) is 36.0. The standard InChI is InChI=1S/C12H14F3N3O6/c1-23-4-5-8(20)7(17-10(21)12(13,14)15)9(24-5)18-3-2-6(19)16-11(18)22/h2-3,5,7-9,20H,4H2,1H3,(H,17,21)(H,16,19,22)/t5-,7-,8-,9-/m1/s1. The quantitative estimate of drug-likeness (QED) is 0.605. The second kappa shape index (κ2) is 6.75. The highest BCUT2D eigenvalue weighted by atomic mass is 19.4. The fraction of sp³-hybridized carbons (Fsp3) is 0.583. The number of rotatable bonds is 4. The van der Waals surface area contributed by atoms with Crippen LogP contribution in [-0.4, -0.2) is 58.7 Å². The first-order chi connectivity index (χ1) is 11.1. The van der Waals surface area contributed by atoms with Gasteiger partial charge in [-0.1, -0.05) is 0 Å². The Labute approximate surface area is 132 Å². The molecule has 1 saturated heterocycles. The number of carbonyl (C=O) groups is 1. The number of methoxy groups -OCH3 is 1. The Morgan fingerprint density at radius 2 is 2.17 bits per heavy atom. The SMILES string of the molecule is COC[C@H]1O[C@@H](n2ccc(=O)[nH]c2=O)[C@H](NC(=O)C(F)(F)F)[C@@H]1O. The molecule has 1 aliphatic rings. The molecular formula is C12H14F3N3O6. The molecule has 0 radical (unpaired) electrons. The summed E-state index contributed by atoms with van der Waals surface area (Å²) >= 11 is 0. The zero-order valence-corrected chi connectivity index (χ0v) is 12.2. The zero-order chi connectivity index (χ0) is 18.1. The predicted molar refractivity (Wildman–Crippen MR) is 71.1 cm³/mol. The Balaban J connectivity index is 2.36. The summed E-state index contributed by atoms with van der Waals surface area (Å²) < 4.78 is 48.3. The summed E-state index contributed by atoms with van der Waals surface area (Å²) in [5.74, 6) is -2.30. The van der Waals surface area contributed by atoms with Crippen molar-refractivity contribution in [1.82, 2.24) is 14.9 Å². The molecule has 1 amide bonds. The largest absolute Gasteiger partial charge is 0.471 e. The number of alkyl halides is 3. The van der Waals surface area contributed by atoms with Gasteiger partial charge in [-0.15, -0.1) is 0 Å². The Kier molecular flexibility index (Phi) is 5.11. The smallest absolute Gasteiger partial charge is 0.388 e. The van der Waals surface area contributed by atoms with E-state index in [-0.39, 0.29) is 6.61 Å². The lowest BCUT2D eigenvalue weighted by Crippen LogP contribution is -2.52. The average Bonchev–Trinajstić information content (AvgIpc) is 2.76. The molecule has 1 fully saturated rings. The fourth-order valence-corrected chi connectivity index (χ4v) is 2.30. The highest BCUT2D eigenvalue weighted by Gasteiger charge is 2.49. The molecular weight excluding hydrogens is 339 g/mol. The first-order valence-electron chi connectivity index (χ1n) is 6.66. The van der Waals surface area contributed by atoms with E-state index in [0.29, 0.717) is 0 Å². The molecule has 0 saturated carbocycles. The molecule has 0 aromatic carbocycles. The van der Waals surface area contributed by atoms with Gasteiger partial charge in [-0.05, 0) is 0 Å². The third kappa shape index (κ3) is 3.66. The van der Waals surface area contributed by atoms with E-state index in [1.807, 2.05) is 4.98 Å². The molecule has 2 heterocycles. The topological polar surface area (TPSA) is 123 Å². The number of aromatic nitrogens is 2. The minimum atomic E-state index is -5.18. The number of aliphatic hydroxyl groups is 1. The van der Waals surface area contributed by atoms with Crippen molar-refractivity contribution in [2.24, 2.45) is 0 Å². The molecule has 1 aromatic rings. The molecule has 12 heteroatoms. The van der Waals surface area contributed by atoms with Crippen LogP contribution in [0.4, 0.5) is 13.2 Å². The predicted octanol–water partition coefficient (Wildman–Crippen LogP) is -1.51. The van der Waals surface area contributed by atoms with Crippen LogP contribution < -0.4 is 16.6 Å². The summed E-state index contributed by atoms with van der Waals surface area (Å²) in [5.41, 5.74) is -1.69. The van der Waals surface area contributed by atoms with E-state index in [4.69, 9.17) is 9.47 Å². The second-order valence-corrected chi connectivity index (χ2v) is 5.03. The summed E-state index contributed by atoms with van der Waals surface area (Å²) in [6, 6.07) is -0.633. The number of aliphatic hydroxyl groups excluding tert-OH is 1. The lowest BCUT2D eigenvalue weighted by Gasteiger charge is -2.23. The maximum atomic E-state index is 12.5. The van der Waals surface area contributed by atoms with E-state index in [0.717, 1.165) is 16.8 Å². The fourth-order valence-electron chi connectivity index (χ4n) is 2.30. The number of hydrogen-bond acceptors (Lipinski definition) is 6. The van der Waals surface area contributed by atoms with Crippen molar-refractivity contribution in [3.63, 3.8) is 0 Å². The molecule has 0 aliphatic carbocycles. The van der Waals surface area contributed by atoms with Crippen LogP contribution >= 0.6 is 0 Å². The lowest BCUT2D eigenvalue weighted by atomic mass is 10.1. The van der Waals surface area contributed by atoms with Crippen LogP contribution in [0.5, 0.6) is 0 Å². The van der Waals surface area contributed by atoms with Crippen molar-refractivity contribution in [3.05, 3.63) is 33.1 Å². The zero-order valence-electron chi connectivity index (χ0n) is 12.2. The van der Waals surface area contributed by atoms with Crippen LogP contribution in [0.2, 0.25) is 0 Å². The number of nitrogens with one attached hydrogen (secondary N) is 2. The van der Waals surface area contributed by atoms with Crippen LogP contribution in [0, 0.1) is 0 Å². The molecule has 0 spiro atoms. The van der Waals surface area contributed by atoms with Gasteiger partial charge in [-0.3, -0.25) is 19.1 Å². The van der Waals surface area contributed by atoms with Gasteiger partial charge in [0, 0.05) is 19.4 Å². The number of amides is 1. The minimum absolute atomic E-state index is 0.186. The normalized spacial score (nSPS) is 27.2. The van der Waals surface area contributed by atoms with Crippen molar-refractivity contribution in [2.45, 2.75) is 30.7 Å². The molecule has 3 N–H and O–H groups in total. The highest BCUT2D eigenvalue weighted by Crippen LogP contribution is 2.29. The molecule has 2 rings (SSSR count). The van der Waals surface area contributed by atoms with E-state index in [1.165, 1.54) is 7.11 Å². The van der Waals surface area contributed by atoms with Crippen molar-refractivity contribution in [2.75, 3.05) is 13.7 Å². The number of halogens is 3. The molecule has 1 aliphatic heterocycles. The summed E-state index contributed by atoms with van der Waals surface area (Å²) in [7, 11) is 1.28. The summed E-state index contributed by atoms with van der Waals surface area (Å²) in [6.45, 7) is -0.186.